The fraction of sp³-hybridized carbons (Fsp3) is 0.619. The lowest BCUT2D eigenvalue weighted by atomic mass is 9.78. The van der Waals surface area contributed by atoms with Crippen LogP contribution in [0.15, 0.2) is 24.3 Å². The second-order valence-corrected chi connectivity index (χ2v) is 7.80. The molecule has 0 amide bonds. The first-order chi connectivity index (χ1) is 11.9. The fourth-order valence-electron chi connectivity index (χ4n) is 3.89. The van der Waals surface area contributed by atoms with Crippen molar-refractivity contribution in [1.82, 2.24) is 0 Å². The van der Waals surface area contributed by atoms with E-state index in [-0.39, 0.29) is 17.6 Å². The van der Waals surface area contributed by atoms with E-state index < -0.39 is 5.97 Å². The summed E-state index contributed by atoms with van der Waals surface area (Å²) in [7, 11) is 0. The molecule has 1 saturated carbocycles. The zero-order chi connectivity index (χ0) is 18.4. The third-order valence-corrected chi connectivity index (χ3v) is 5.55. The molecule has 1 aliphatic rings. The number of nitrogens with two attached hydrogens (primary N) is 1. The first-order valence-electron chi connectivity index (χ1n) is 9.46. The highest BCUT2D eigenvalue weighted by molar-refractivity contribution is 5.97. The standard InChI is InChI=1S/C21H31NO3/c1-14(11-15(2)21(24)25)12-16-3-7-18(8-4-16)20(23)19-9-5-17(13-22)6-10-19/h3-4,7-8,14-15,17,19H,5-6,9-13,22H2,1-2H3,(H,24,25). The van der Waals surface area contributed by atoms with E-state index in [4.69, 9.17) is 10.8 Å². The maximum Gasteiger partial charge on any atom is 0.306 e. The van der Waals surface area contributed by atoms with Crippen LogP contribution in [0, 0.1) is 23.7 Å². The van der Waals surface area contributed by atoms with Gasteiger partial charge in [-0.05, 0) is 62.5 Å². The first kappa shape index (κ1) is 19.6. The number of rotatable bonds is 8. The molecule has 0 saturated heterocycles. The molecule has 3 N–H and O–H groups in total. The van der Waals surface area contributed by atoms with E-state index in [2.05, 4.69) is 6.92 Å². The molecule has 4 nitrogen and oxygen atoms in total. The summed E-state index contributed by atoms with van der Waals surface area (Å²) in [5.74, 6) is 0.232. The Morgan fingerprint density at radius 3 is 2.24 bits per heavy atom. The minimum Gasteiger partial charge on any atom is -0.481 e. The molecule has 0 radical (unpaired) electrons. The lowest BCUT2D eigenvalue weighted by Crippen LogP contribution is -2.25. The summed E-state index contributed by atoms with van der Waals surface area (Å²) in [6.07, 6.45) is 5.53. The summed E-state index contributed by atoms with van der Waals surface area (Å²) in [5, 5.41) is 9.01. The predicted molar refractivity (Wildman–Crippen MR) is 99.6 cm³/mol. The minimum atomic E-state index is -0.739. The summed E-state index contributed by atoms with van der Waals surface area (Å²) < 4.78 is 0. The number of hydrogen-bond donors (Lipinski definition) is 2. The smallest absolute Gasteiger partial charge is 0.306 e. The Morgan fingerprint density at radius 1 is 1.12 bits per heavy atom. The SMILES string of the molecule is CC(Cc1ccc(C(=O)C2CCC(CN)CC2)cc1)CC(C)C(=O)O. The van der Waals surface area contributed by atoms with Crippen molar-refractivity contribution >= 4 is 11.8 Å². The fourth-order valence-corrected chi connectivity index (χ4v) is 3.89. The van der Waals surface area contributed by atoms with Crippen molar-refractivity contribution in [1.29, 1.82) is 0 Å². The number of aliphatic carboxylic acids is 1. The van der Waals surface area contributed by atoms with Crippen LogP contribution in [0.2, 0.25) is 0 Å². The average molecular weight is 345 g/mol. The van der Waals surface area contributed by atoms with Gasteiger partial charge in [0.05, 0.1) is 5.92 Å². The van der Waals surface area contributed by atoms with Crippen molar-refractivity contribution in [2.24, 2.45) is 29.4 Å². The maximum atomic E-state index is 12.7. The van der Waals surface area contributed by atoms with Gasteiger partial charge < -0.3 is 10.8 Å². The molecule has 0 spiro atoms. The Bertz CT molecular complexity index is 573. The zero-order valence-corrected chi connectivity index (χ0v) is 15.4. The number of carboxylic acid groups (broad SMARTS) is 1. The highest BCUT2D eigenvalue weighted by atomic mass is 16.4. The van der Waals surface area contributed by atoms with Gasteiger partial charge in [0, 0.05) is 11.5 Å². The number of carbonyl (C=O) groups excluding carboxylic acids is 1. The molecule has 0 bridgehead atoms. The van der Waals surface area contributed by atoms with Gasteiger partial charge in [-0.1, -0.05) is 38.1 Å². The molecule has 2 atom stereocenters. The molecule has 4 heteroatoms. The van der Waals surface area contributed by atoms with Crippen LogP contribution < -0.4 is 5.73 Å². The second-order valence-electron chi connectivity index (χ2n) is 7.80. The van der Waals surface area contributed by atoms with Crippen molar-refractivity contribution in [2.45, 2.75) is 52.4 Å². The maximum absolute atomic E-state index is 12.7. The Morgan fingerprint density at radius 2 is 1.72 bits per heavy atom. The predicted octanol–water partition coefficient (Wildman–Crippen LogP) is 3.92. The van der Waals surface area contributed by atoms with Crippen molar-refractivity contribution in [3.8, 4) is 0 Å². The van der Waals surface area contributed by atoms with E-state index in [1.54, 1.807) is 6.92 Å². The molecule has 1 aliphatic carbocycles. The zero-order valence-electron chi connectivity index (χ0n) is 15.4. The summed E-state index contributed by atoms with van der Waals surface area (Å²) in [5.41, 5.74) is 7.68. The summed E-state index contributed by atoms with van der Waals surface area (Å²) >= 11 is 0. The molecule has 2 unspecified atom stereocenters. The van der Waals surface area contributed by atoms with Gasteiger partial charge in [0.2, 0.25) is 0 Å². The highest BCUT2D eigenvalue weighted by Gasteiger charge is 2.26. The summed E-state index contributed by atoms with van der Waals surface area (Å²) in [4.78, 5) is 23.6. The van der Waals surface area contributed by atoms with Crippen LogP contribution in [0.25, 0.3) is 0 Å². The molecule has 1 fully saturated rings. The van der Waals surface area contributed by atoms with Crippen LogP contribution in [0.4, 0.5) is 0 Å². The molecular weight excluding hydrogens is 314 g/mol. The molecule has 0 aliphatic heterocycles. The van der Waals surface area contributed by atoms with Gasteiger partial charge in [0.15, 0.2) is 5.78 Å². The Balaban J connectivity index is 1.89. The van der Waals surface area contributed by atoms with Crippen molar-refractivity contribution in [3.05, 3.63) is 35.4 Å². The average Bonchev–Trinajstić information content (AvgIpc) is 2.61. The van der Waals surface area contributed by atoms with Gasteiger partial charge in [-0.15, -0.1) is 0 Å². The Kier molecular flexibility index (Phi) is 7.18. The second kappa shape index (κ2) is 9.14. The van der Waals surface area contributed by atoms with Gasteiger partial charge in [0.25, 0.3) is 0 Å². The number of hydrogen-bond acceptors (Lipinski definition) is 3. The quantitative estimate of drug-likeness (QED) is 0.700. The minimum absolute atomic E-state index is 0.143. The molecule has 2 rings (SSSR count). The molecule has 0 aromatic heterocycles. The molecule has 0 heterocycles. The summed E-state index contributed by atoms with van der Waals surface area (Å²) in [6.45, 7) is 4.56. The monoisotopic (exact) mass is 345 g/mol. The van der Waals surface area contributed by atoms with Crippen molar-refractivity contribution in [2.75, 3.05) is 6.54 Å². The molecule has 1 aromatic carbocycles. The van der Waals surface area contributed by atoms with E-state index in [9.17, 15) is 9.59 Å². The van der Waals surface area contributed by atoms with Gasteiger partial charge >= 0.3 is 5.97 Å². The van der Waals surface area contributed by atoms with Crippen LogP contribution in [0.5, 0.6) is 0 Å². The van der Waals surface area contributed by atoms with E-state index in [1.807, 2.05) is 24.3 Å². The largest absolute Gasteiger partial charge is 0.481 e. The van der Waals surface area contributed by atoms with Gasteiger partial charge in [-0.2, -0.15) is 0 Å². The van der Waals surface area contributed by atoms with Crippen LogP contribution in [0.1, 0.15) is 61.9 Å². The third-order valence-electron chi connectivity index (χ3n) is 5.55. The highest BCUT2D eigenvalue weighted by Crippen LogP contribution is 2.30. The van der Waals surface area contributed by atoms with E-state index in [1.165, 1.54) is 0 Å². The van der Waals surface area contributed by atoms with Crippen LogP contribution in [-0.2, 0) is 11.2 Å². The van der Waals surface area contributed by atoms with Crippen molar-refractivity contribution in [3.63, 3.8) is 0 Å². The lowest BCUT2D eigenvalue weighted by Gasteiger charge is -2.26. The van der Waals surface area contributed by atoms with Crippen molar-refractivity contribution < 1.29 is 14.7 Å². The first-order valence-corrected chi connectivity index (χ1v) is 9.46. The van der Waals surface area contributed by atoms with E-state index in [0.29, 0.717) is 18.3 Å². The number of Topliss-reactive ketones (excluding diaryl/α,β-unsaturated/α-hetero) is 1. The Hall–Kier alpha value is -1.68. The van der Waals surface area contributed by atoms with E-state index >= 15 is 0 Å². The lowest BCUT2D eigenvalue weighted by molar-refractivity contribution is -0.141. The van der Waals surface area contributed by atoms with Crippen LogP contribution in [0.3, 0.4) is 0 Å². The number of carbonyl (C=O) groups is 2. The van der Waals surface area contributed by atoms with E-state index in [0.717, 1.165) is 49.8 Å². The van der Waals surface area contributed by atoms with Crippen LogP contribution >= 0.6 is 0 Å². The normalized spacial score (nSPS) is 23.0. The number of carboxylic acids is 1. The molecule has 1 aromatic rings. The Labute approximate surface area is 150 Å². The van der Waals surface area contributed by atoms with Crippen LogP contribution in [-0.4, -0.2) is 23.4 Å². The van der Waals surface area contributed by atoms with Gasteiger partial charge in [-0.25, -0.2) is 0 Å². The molecule has 25 heavy (non-hydrogen) atoms. The molecule has 138 valence electrons. The third kappa shape index (κ3) is 5.67. The molecular formula is C21H31NO3. The number of benzene rings is 1. The topological polar surface area (TPSA) is 80.4 Å². The summed E-state index contributed by atoms with van der Waals surface area (Å²) in [6, 6.07) is 7.89. The number of ketones is 1. The van der Waals surface area contributed by atoms with Gasteiger partial charge in [0.1, 0.15) is 0 Å². The van der Waals surface area contributed by atoms with Gasteiger partial charge in [-0.3, -0.25) is 9.59 Å².